The van der Waals surface area contributed by atoms with Crippen molar-refractivity contribution in [3.05, 3.63) is 33.8 Å². The van der Waals surface area contributed by atoms with Gasteiger partial charge in [-0.3, -0.25) is 9.59 Å². The van der Waals surface area contributed by atoms with E-state index in [1.165, 1.54) is 12.1 Å². The molecule has 0 aromatic heterocycles. The molecule has 0 bridgehead atoms. The summed E-state index contributed by atoms with van der Waals surface area (Å²) < 4.78 is 0. The van der Waals surface area contributed by atoms with Gasteiger partial charge in [-0.1, -0.05) is 37.0 Å². The fourth-order valence-electron chi connectivity index (χ4n) is 1.84. The number of hydrogen-bond acceptors (Lipinski definition) is 2. The van der Waals surface area contributed by atoms with Crippen molar-refractivity contribution in [1.29, 1.82) is 0 Å². The van der Waals surface area contributed by atoms with E-state index in [9.17, 15) is 9.59 Å². The minimum Gasteiger partial charge on any atom is -0.481 e. The Kier molecular flexibility index (Phi) is 5.17. The summed E-state index contributed by atoms with van der Waals surface area (Å²) in [5, 5.41) is 9.70. The Balaban J connectivity index is 2.99. The number of carbonyl (C=O) groups excluding carboxylic acids is 1. The van der Waals surface area contributed by atoms with Crippen LogP contribution in [0.15, 0.2) is 18.2 Å². The van der Waals surface area contributed by atoms with Crippen LogP contribution in [0.2, 0.25) is 10.0 Å². The topological polar surface area (TPSA) is 54.4 Å². The second kappa shape index (κ2) is 6.21. The van der Waals surface area contributed by atoms with Crippen molar-refractivity contribution < 1.29 is 14.7 Å². The van der Waals surface area contributed by atoms with Crippen LogP contribution >= 0.6 is 23.2 Å². The van der Waals surface area contributed by atoms with Gasteiger partial charge in [0.1, 0.15) is 0 Å². The van der Waals surface area contributed by atoms with Gasteiger partial charge in [0, 0.05) is 11.5 Å². The maximum absolute atomic E-state index is 12.1. The Morgan fingerprint density at radius 1 is 1.28 bits per heavy atom. The van der Waals surface area contributed by atoms with E-state index in [1.807, 2.05) is 0 Å². The SMILES string of the molecule is CC[C@@H](C(=O)O)[C@@H](C)C(=O)c1ccc(Cl)c(Cl)c1. The van der Waals surface area contributed by atoms with Crippen molar-refractivity contribution in [2.45, 2.75) is 20.3 Å². The Morgan fingerprint density at radius 2 is 1.89 bits per heavy atom. The minimum atomic E-state index is -0.960. The lowest BCUT2D eigenvalue weighted by Crippen LogP contribution is -2.27. The molecule has 1 N–H and O–H groups in total. The highest BCUT2D eigenvalue weighted by Gasteiger charge is 2.29. The Hall–Kier alpha value is -1.06. The average molecular weight is 289 g/mol. The lowest BCUT2D eigenvalue weighted by Gasteiger charge is -2.17. The highest BCUT2D eigenvalue weighted by Crippen LogP contribution is 2.26. The third-order valence-electron chi connectivity index (χ3n) is 2.98. The molecule has 3 nitrogen and oxygen atoms in total. The summed E-state index contributed by atoms with van der Waals surface area (Å²) in [5.41, 5.74) is 0.386. The molecule has 0 saturated heterocycles. The van der Waals surface area contributed by atoms with Crippen LogP contribution in [0.5, 0.6) is 0 Å². The molecule has 0 aliphatic heterocycles. The molecule has 2 atom stereocenters. The quantitative estimate of drug-likeness (QED) is 0.836. The van der Waals surface area contributed by atoms with Gasteiger partial charge in [-0.15, -0.1) is 0 Å². The van der Waals surface area contributed by atoms with Crippen molar-refractivity contribution in [2.75, 3.05) is 0 Å². The van der Waals surface area contributed by atoms with Crippen molar-refractivity contribution in [2.24, 2.45) is 11.8 Å². The van der Waals surface area contributed by atoms with E-state index in [1.54, 1.807) is 19.9 Å². The first kappa shape index (κ1) is 15.0. The van der Waals surface area contributed by atoms with E-state index in [-0.39, 0.29) is 10.8 Å². The normalized spacial score (nSPS) is 14.0. The van der Waals surface area contributed by atoms with Crippen molar-refractivity contribution in [1.82, 2.24) is 0 Å². The van der Waals surface area contributed by atoms with Crippen LogP contribution in [0.3, 0.4) is 0 Å². The van der Waals surface area contributed by atoms with Gasteiger partial charge < -0.3 is 5.11 Å². The zero-order valence-corrected chi connectivity index (χ0v) is 11.6. The predicted molar refractivity (Wildman–Crippen MR) is 71.4 cm³/mol. The van der Waals surface area contributed by atoms with E-state index in [4.69, 9.17) is 28.3 Å². The fourth-order valence-corrected chi connectivity index (χ4v) is 2.14. The molecule has 0 saturated carbocycles. The molecule has 0 unspecified atom stereocenters. The van der Waals surface area contributed by atoms with Gasteiger partial charge in [-0.05, 0) is 24.6 Å². The summed E-state index contributed by atoms with van der Waals surface area (Å²) in [5.74, 6) is -2.47. The molecule has 1 aromatic rings. The van der Waals surface area contributed by atoms with Crippen molar-refractivity contribution >= 4 is 35.0 Å². The van der Waals surface area contributed by atoms with Crippen LogP contribution in [-0.4, -0.2) is 16.9 Å². The first-order chi connectivity index (χ1) is 8.38. The summed E-state index contributed by atoms with van der Waals surface area (Å²) in [6, 6.07) is 4.56. The number of benzene rings is 1. The maximum Gasteiger partial charge on any atom is 0.307 e. The summed E-state index contributed by atoms with van der Waals surface area (Å²) in [6.45, 7) is 3.37. The number of halogens is 2. The number of rotatable bonds is 5. The van der Waals surface area contributed by atoms with Crippen LogP contribution in [0.4, 0.5) is 0 Å². The largest absolute Gasteiger partial charge is 0.481 e. The second-order valence-electron chi connectivity index (χ2n) is 4.13. The van der Waals surface area contributed by atoms with E-state index in [0.717, 1.165) is 0 Å². The van der Waals surface area contributed by atoms with Crippen LogP contribution in [0, 0.1) is 11.8 Å². The van der Waals surface area contributed by atoms with Crippen molar-refractivity contribution in [3.63, 3.8) is 0 Å². The van der Waals surface area contributed by atoms with Gasteiger partial charge in [0.25, 0.3) is 0 Å². The maximum atomic E-state index is 12.1. The fraction of sp³-hybridized carbons (Fsp3) is 0.385. The predicted octanol–water partition coefficient (Wildman–Crippen LogP) is 3.92. The number of aliphatic carboxylic acids is 1. The van der Waals surface area contributed by atoms with Crippen molar-refractivity contribution in [3.8, 4) is 0 Å². The number of carbonyl (C=O) groups is 2. The molecule has 0 spiro atoms. The molecule has 0 radical (unpaired) electrons. The highest BCUT2D eigenvalue weighted by atomic mass is 35.5. The molecule has 18 heavy (non-hydrogen) atoms. The Bertz CT molecular complexity index is 471. The van der Waals surface area contributed by atoms with Crippen LogP contribution in [0.25, 0.3) is 0 Å². The summed E-state index contributed by atoms with van der Waals surface area (Å²) in [4.78, 5) is 23.2. The lowest BCUT2D eigenvalue weighted by molar-refractivity contribution is -0.143. The van der Waals surface area contributed by atoms with Gasteiger partial charge in [0.15, 0.2) is 5.78 Å². The smallest absolute Gasteiger partial charge is 0.307 e. The van der Waals surface area contributed by atoms with Gasteiger partial charge in [-0.2, -0.15) is 0 Å². The van der Waals surface area contributed by atoms with E-state index in [2.05, 4.69) is 0 Å². The number of hydrogen-bond donors (Lipinski definition) is 1. The Morgan fingerprint density at radius 3 is 2.33 bits per heavy atom. The number of Topliss-reactive ketones (excluding diaryl/α,β-unsaturated/α-hetero) is 1. The summed E-state index contributed by atoms with van der Waals surface area (Å²) in [7, 11) is 0. The number of carboxylic acid groups (broad SMARTS) is 1. The standard InChI is InChI=1S/C13H14Cl2O3/c1-3-9(13(17)18)7(2)12(16)8-4-5-10(14)11(15)6-8/h4-7,9H,3H2,1-2H3,(H,17,18)/t7-,9-/m1/s1. The molecular weight excluding hydrogens is 275 g/mol. The minimum absolute atomic E-state index is 0.234. The Labute approximate surface area is 116 Å². The third-order valence-corrected chi connectivity index (χ3v) is 3.72. The third kappa shape index (κ3) is 3.24. The van der Waals surface area contributed by atoms with Gasteiger partial charge in [-0.25, -0.2) is 0 Å². The lowest BCUT2D eigenvalue weighted by atomic mass is 9.85. The van der Waals surface area contributed by atoms with Gasteiger partial charge in [0.2, 0.25) is 0 Å². The molecule has 0 heterocycles. The zero-order valence-electron chi connectivity index (χ0n) is 10.1. The first-order valence-electron chi connectivity index (χ1n) is 5.60. The molecular formula is C13H14Cl2O3. The van der Waals surface area contributed by atoms with Gasteiger partial charge >= 0.3 is 5.97 Å². The number of carboxylic acids is 1. The summed E-state index contributed by atoms with van der Waals surface area (Å²) in [6.07, 6.45) is 0.406. The monoisotopic (exact) mass is 288 g/mol. The molecule has 1 aromatic carbocycles. The molecule has 5 heteroatoms. The van der Waals surface area contributed by atoms with E-state index in [0.29, 0.717) is 17.0 Å². The molecule has 0 aliphatic rings. The highest BCUT2D eigenvalue weighted by molar-refractivity contribution is 6.42. The van der Waals surface area contributed by atoms with E-state index >= 15 is 0 Å². The molecule has 0 amide bonds. The number of ketones is 1. The van der Waals surface area contributed by atoms with Crippen LogP contribution < -0.4 is 0 Å². The second-order valence-corrected chi connectivity index (χ2v) is 4.95. The zero-order chi connectivity index (χ0) is 13.9. The molecule has 1 rings (SSSR count). The first-order valence-corrected chi connectivity index (χ1v) is 6.36. The van der Waals surface area contributed by atoms with E-state index < -0.39 is 17.8 Å². The molecule has 98 valence electrons. The molecule has 0 aliphatic carbocycles. The molecule has 0 fully saturated rings. The van der Waals surface area contributed by atoms with Crippen LogP contribution in [0.1, 0.15) is 30.6 Å². The summed E-state index contributed by atoms with van der Waals surface area (Å²) >= 11 is 11.6. The van der Waals surface area contributed by atoms with Gasteiger partial charge in [0.05, 0.1) is 16.0 Å². The van der Waals surface area contributed by atoms with Crippen LogP contribution in [-0.2, 0) is 4.79 Å². The average Bonchev–Trinajstić information content (AvgIpc) is 2.32.